The van der Waals surface area contributed by atoms with Crippen LogP contribution in [0.4, 0.5) is 19.0 Å². The third-order valence-electron chi connectivity index (χ3n) is 5.88. The number of nitrogens with zero attached hydrogens (tertiary/aromatic N) is 2. The average molecular weight is 510 g/mol. The Balaban J connectivity index is 1.89. The number of ether oxygens (including phenoxy) is 1. The summed E-state index contributed by atoms with van der Waals surface area (Å²) in [6, 6.07) is 4.19. The minimum atomic E-state index is -4.70. The van der Waals surface area contributed by atoms with Crippen LogP contribution in [0.15, 0.2) is 34.9 Å². The predicted molar refractivity (Wildman–Crippen MR) is 116 cm³/mol. The van der Waals surface area contributed by atoms with Crippen molar-refractivity contribution in [1.82, 2.24) is 9.78 Å². The van der Waals surface area contributed by atoms with Gasteiger partial charge in [0, 0.05) is 18.9 Å². The number of methoxy groups -OCH3 is 1. The summed E-state index contributed by atoms with van der Waals surface area (Å²) in [4.78, 5) is -0.0398. The predicted octanol–water partition coefficient (Wildman–Crippen LogP) is 5.44. The Hall–Kier alpha value is -1.75. The summed E-state index contributed by atoms with van der Waals surface area (Å²) in [5.41, 5.74) is -0.530. The van der Waals surface area contributed by atoms with Crippen molar-refractivity contribution in [3.8, 4) is 0 Å². The second kappa shape index (κ2) is 8.23. The van der Waals surface area contributed by atoms with Crippen molar-refractivity contribution >= 4 is 38.9 Å². The highest BCUT2D eigenvalue weighted by Crippen LogP contribution is 2.45. The number of hydrogen-bond donors (Lipinski definition) is 1. The van der Waals surface area contributed by atoms with Crippen LogP contribution in [0.3, 0.4) is 0 Å². The number of fused-ring (bicyclic) bond motifs is 1. The number of aromatic nitrogens is 2. The maximum absolute atomic E-state index is 13.7. The standard InChI is InChI=1S/C20H20Cl2F3N3O3S/c1-10-19(32(29,30)13-5-4-12(8-13)31-2)18(11-3-6-14(21)15(22)7-11)28-17(26-10)9-16(27-28)20(23,24)25/h3,6-7,9,12-13,18,26H,4-5,8H2,1-2H3/t12-,13?,18?/m1/s1. The van der Waals surface area contributed by atoms with Gasteiger partial charge < -0.3 is 10.1 Å². The topological polar surface area (TPSA) is 73.2 Å². The molecule has 32 heavy (non-hydrogen) atoms. The number of alkyl halides is 3. The molecule has 12 heteroatoms. The van der Waals surface area contributed by atoms with E-state index in [1.165, 1.54) is 26.2 Å². The summed E-state index contributed by atoms with van der Waals surface area (Å²) in [6.07, 6.45) is -3.59. The molecule has 2 unspecified atom stereocenters. The highest BCUT2D eigenvalue weighted by atomic mass is 35.5. The molecule has 3 atom stereocenters. The molecule has 1 aliphatic heterocycles. The zero-order chi connectivity index (χ0) is 23.4. The monoisotopic (exact) mass is 509 g/mol. The number of anilines is 1. The van der Waals surface area contributed by atoms with Crippen LogP contribution >= 0.6 is 23.2 Å². The molecule has 1 aromatic carbocycles. The highest BCUT2D eigenvalue weighted by molar-refractivity contribution is 7.95. The zero-order valence-corrected chi connectivity index (χ0v) is 19.4. The van der Waals surface area contributed by atoms with Crippen LogP contribution in [0, 0.1) is 0 Å². The van der Waals surface area contributed by atoms with Crippen molar-refractivity contribution in [1.29, 1.82) is 0 Å². The summed E-state index contributed by atoms with van der Waals surface area (Å²) in [6.45, 7) is 1.53. The van der Waals surface area contributed by atoms with E-state index in [2.05, 4.69) is 10.4 Å². The molecule has 0 spiro atoms. The molecular formula is C20H20Cl2F3N3O3S. The molecule has 6 nitrogen and oxygen atoms in total. The van der Waals surface area contributed by atoms with Crippen LogP contribution in [0.1, 0.15) is 43.5 Å². The molecular weight excluding hydrogens is 490 g/mol. The van der Waals surface area contributed by atoms with Crippen LogP contribution in [-0.4, -0.2) is 36.7 Å². The van der Waals surface area contributed by atoms with E-state index in [0.29, 0.717) is 24.8 Å². The lowest BCUT2D eigenvalue weighted by atomic mass is 10.0. The third-order valence-corrected chi connectivity index (χ3v) is 9.07. The van der Waals surface area contributed by atoms with Gasteiger partial charge in [0.05, 0.1) is 26.3 Å². The van der Waals surface area contributed by atoms with E-state index in [-0.39, 0.29) is 32.6 Å². The second-order valence-electron chi connectivity index (χ2n) is 7.89. The summed E-state index contributed by atoms with van der Waals surface area (Å²) in [7, 11) is -2.40. The van der Waals surface area contributed by atoms with Gasteiger partial charge in [-0.2, -0.15) is 18.3 Å². The summed E-state index contributed by atoms with van der Waals surface area (Å²) in [5, 5.41) is 6.19. The third kappa shape index (κ3) is 4.02. The fraction of sp³-hybridized carbons (Fsp3) is 0.450. The lowest BCUT2D eigenvalue weighted by Gasteiger charge is -2.31. The summed E-state index contributed by atoms with van der Waals surface area (Å²) < 4.78 is 74.0. The van der Waals surface area contributed by atoms with Gasteiger partial charge in [0.1, 0.15) is 11.9 Å². The minimum Gasteiger partial charge on any atom is -0.381 e. The molecule has 4 rings (SSSR count). The van der Waals surface area contributed by atoms with Gasteiger partial charge in [-0.15, -0.1) is 0 Å². The number of hydrogen-bond acceptors (Lipinski definition) is 5. The van der Waals surface area contributed by atoms with Gasteiger partial charge >= 0.3 is 6.18 Å². The number of nitrogens with one attached hydrogen (secondary N) is 1. The van der Waals surface area contributed by atoms with Gasteiger partial charge in [0.2, 0.25) is 0 Å². The normalized spacial score (nSPS) is 23.9. The Bertz CT molecular complexity index is 1190. The molecule has 0 saturated heterocycles. The first-order valence-corrected chi connectivity index (χ1v) is 12.1. The van der Waals surface area contributed by atoms with Gasteiger partial charge in [0.25, 0.3) is 0 Å². The van der Waals surface area contributed by atoms with Crippen molar-refractivity contribution in [2.45, 2.75) is 49.8 Å². The molecule has 1 aromatic heterocycles. The Morgan fingerprint density at radius 1 is 1.19 bits per heavy atom. The smallest absolute Gasteiger partial charge is 0.381 e. The van der Waals surface area contributed by atoms with Gasteiger partial charge in [-0.25, -0.2) is 13.1 Å². The van der Waals surface area contributed by atoms with Crippen molar-refractivity contribution in [2.75, 3.05) is 12.4 Å². The fourth-order valence-electron chi connectivity index (χ4n) is 4.31. The Morgan fingerprint density at radius 3 is 2.50 bits per heavy atom. The van der Waals surface area contributed by atoms with Crippen LogP contribution in [0.25, 0.3) is 0 Å². The van der Waals surface area contributed by atoms with Gasteiger partial charge in [0.15, 0.2) is 15.5 Å². The Morgan fingerprint density at radius 2 is 1.91 bits per heavy atom. The van der Waals surface area contributed by atoms with Gasteiger partial charge in [-0.05, 0) is 43.9 Å². The second-order valence-corrected chi connectivity index (χ2v) is 10.9. The van der Waals surface area contributed by atoms with Gasteiger partial charge in [-0.1, -0.05) is 29.3 Å². The van der Waals surface area contributed by atoms with Crippen LogP contribution in [0.2, 0.25) is 10.0 Å². The van der Waals surface area contributed by atoms with Crippen molar-refractivity contribution < 1.29 is 26.3 Å². The number of sulfone groups is 1. The fourth-order valence-corrected chi connectivity index (χ4v) is 6.92. The number of allylic oxidation sites excluding steroid dienone is 2. The molecule has 2 aliphatic rings. The molecule has 1 fully saturated rings. The summed E-state index contributed by atoms with van der Waals surface area (Å²) >= 11 is 12.2. The van der Waals surface area contributed by atoms with E-state index in [4.69, 9.17) is 27.9 Å². The maximum atomic E-state index is 13.7. The largest absolute Gasteiger partial charge is 0.435 e. The molecule has 1 aliphatic carbocycles. The van der Waals surface area contributed by atoms with E-state index >= 15 is 0 Å². The van der Waals surface area contributed by atoms with E-state index in [0.717, 1.165) is 10.7 Å². The van der Waals surface area contributed by atoms with Crippen LogP contribution < -0.4 is 5.32 Å². The lowest BCUT2D eigenvalue weighted by molar-refractivity contribution is -0.141. The molecule has 0 radical (unpaired) electrons. The number of halogens is 5. The van der Waals surface area contributed by atoms with Gasteiger partial charge in [-0.3, -0.25) is 0 Å². The SMILES string of the molecule is CO[C@@H]1CCC(S(=O)(=O)C2=C(C)Nc3cc(C(F)(F)F)nn3C2c2ccc(Cl)c(Cl)c2)C1. The highest BCUT2D eigenvalue weighted by Gasteiger charge is 2.45. The Labute approximate surface area is 193 Å². The molecule has 1 saturated carbocycles. The minimum absolute atomic E-state index is 0.0334. The summed E-state index contributed by atoms with van der Waals surface area (Å²) in [5.74, 6) is 0.0334. The maximum Gasteiger partial charge on any atom is 0.435 e. The van der Waals surface area contributed by atoms with Crippen LogP contribution in [-0.2, 0) is 20.8 Å². The first-order valence-electron chi connectivity index (χ1n) is 9.79. The van der Waals surface area contributed by atoms with Crippen molar-refractivity contribution in [2.24, 2.45) is 0 Å². The first kappa shape index (κ1) is 23.4. The molecule has 174 valence electrons. The lowest BCUT2D eigenvalue weighted by Crippen LogP contribution is -2.33. The van der Waals surface area contributed by atoms with E-state index in [1.807, 2.05) is 0 Å². The van der Waals surface area contributed by atoms with Crippen LogP contribution in [0.5, 0.6) is 0 Å². The average Bonchev–Trinajstić information content (AvgIpc) is 3.36. The Kier molecular flexibility index (Phi) is 6.02. The molecule has 1 N–H and O–H groups in total. The van der Waals surface area contributed by atoms with E-state index in [1.54, 1.807) is 6.07 Å². The van der Waals surface area contributed by atoms with E-state index < -0.39 is 33.0 Å². The first-order chi connectivity index (χ1) is 14.9. The van der Waals surface area contributed by atoms with E-state index in [9.17, 15) is 21.6 Å². The molecule has 0 amide bonds. The number of rotatable bonds is 4. The molecule has 0 bridgehead atoms. The quantitative estimate of drug-likeness (QED) is 0.594. The van der Waals surface area contributed by atoms with Crippen molar-refractivity contribution in [3.63, 3.8) is 0 Å². The van der Waals surface area contributed by atoms with Crippen molar-refractivity contribution in [3.05, 3.63) is 56.2 Å². The zero-order valence-electron chi connectivity index (χ0n) is 17.1. The number of benzene rings is 1. The molecule has 2 aromatic rings. The molecule has 2 heterocycles.